The molecule has 0 amide bonds. The molecule has 1 atom stereocenters. The summed E-state index contributed by atoms with van der Waals surface area (Å²) in [5.74, 6) is -0.337. The van der Waals surface area contributed by atoms with Gasteiger partial charge in [0.1, 0.15) is 17.4 Å². The number of aromatic nitrogens is 3. The van der Waals surface area contributed by atoms with Gasteiger partial charge < -0.3 is 15.2 Å². The number of likely N-dealkylation sites (N-methyl/N-ethyl adjacent to an activating group) is 1. The Kier molecular flexibility index (Phi) is 3.54. The van der Waals surface area contributed by atoms with Crippen LogP contribution in [-0.2, 0) is 0 Å². The fraction of sp³-hybridized carbons (Fsp3) is 0.353. The maximum absolute atomic E-state index is 14.7. The minimum atomic E-state index is -0.337. The number of fused-ring (bicyclic) bond motifs is 3. The summed E-state index contributed by atoms with van der Waals surface area (Å²) in [6.07, 6.45) is 3.83. The molecule has 0 aliphatic carbocycles. The first-order valence-electron chi connectivity index (χ1n) is 8.05. The highest BCUT2D eigenvalue weighted by Gasteiger charge is 2.27. The molecule has 1 saturated heterocycles. The topological polar surface area (TPSA) is 80.6 Å². The van der Waals surface area contributed by atoms with Crippen molar-refractivity contribution in [3.8, 4) is 6.07 Å². The maximum Gasteiger partial charge on any atom is 0.165 e. The van der Waals surface area contributed by atoms with Crippen LogP contribution in [0.2, 0.25) is 0 Å². The number of rotatable bonds is 3. The van der Waals surface area contributed by atoms with E-state index in [0.29, 0.717) is 23.1 Å². The molecule has 7 heteroatoms. The number of aromatic amines is 1. The van der Waals surface area contributed by atoms with E-state index in [1.807, 2.05) is 6.07 Å². The van der Waals surface area contributed by atoms with Crippen LogP contribution in [0.1, 0.15) is 19.0 Å². The van der Waals surface area contributed by atoms with Crippen LogP contribution in [0.25, 0.3) is 21.9 Å². The zero-order valence-electron chi connectivity index (χ0n) is 13.3. The monoisotopic (exact) mass is 324 g/mol. The van der Waals surface area contributed by atoms with E-state index in [0.717, 1.165) is 42.3 Å². The van der Waals surface area contributed by atoms with Gasteiger partial charge in [0, 0.05) is 24.5 Å². The lowest BCUT2D eigenvalue weighted by Gasteiger charge is -2.20. The van der Waals surface area contributed by atoms with Gasteiger partial charge in [0.05, 0.1) is 29.0 Å². The zero-order valence-corrected chi connectivity index (χ0v) is 13.3. The summed E-state index contributed by atoms with van der Waals surface area (Å²) in [6, 6.07) is 4.09. The van der Waals surface area contributed by atoms with Crippen molar-refractivity contribution < 1.29 is 4.39 Å². The van der Waals surface area contributed by atoms with Crippen LogP contribution in [0.3, 0.4) is 0 Å². The number of anilines is 1. The summed E-state index contributed by atoms with van der Waals surface area (Å²) < 4.78 is 14.7. The number of nitrogens with one attached hydrogen (secondary N) is 2. The Morgan fingerprint density at radius 3 is 3.12 bits per heavy atom. The van der Waals surface area contributed by atoms with E-state index in [1.165, 1.54) is 6.20 Å². The average Bonchev–Trinajstić information content (AvgIpc) is 3.19. The predicted molar refractivity (Wildman–Crippen MR) is 90.4 cm³/mol. The van der Waals surface area contributed by atoms with Crippen LogP contribution >= 0.6 is 0 Å². The quantitative estimate of drug-likeness (QED) is 0.773. The highest BCUT2D eigenvalue weighted by atomic mass is 19.1. The van der Waals surface area contributed by atoms with E-state index in [4.69, 9.17) is 5.26 Å². The van der Waals surface area contributed by atoms with Gasteiger partial charge in [0.2, 0.25) is 0 Å². The van der Waals surface area contributed by atoms with Gasteiger partial charge in [-0.05, 0) is 19.0 Å². The molecule has 24 heavy (non-hydrogen) atoms. The first-order valence-corrected chi connectivity index (χ1v) is 8.05. The highest BCUT2D eigenvalue weighted by molar-refractivity contribution is 6.12. The first-order chi connectivity index (χ1) is 11.7. The molecular weight excluding hydrogens is 307 g/mol. The van der Waals surface area contributed by atoms with Crippen molar-refractivity contribution in [1.29, 1.82) is 5.26 Å². The Bertz CT molecular complexity index is 957. The van der Waals surface area contributed by atoms with Crippen molar-refractivity contribution in [3.05, 3.63) is 30.0 Å². The van der Waals surface area contributed by atoms with Crippen LogP contribution < -0.4 is 10.2 Å². The minimum absolute atomic E-state index is 0.311. The Hall–Kier alpha value is -2.72. The molecule has 4 heterocycles. The molecule has 2 N–H and O–H groups in total. The summed E-state index contributed by atoms with van der Waals surface area (Å²) in [6.45, 7) is 4.52. The number of hydrogen-bond donors (Lipinski definition) is 2. The molecule has 3 aromatic rings. The molecule has 0 bridgehead atoms. The largest absolute Gasteiger partial charge is 0.367 e. The van der Waals surface area contributed by atoms with Crippen molar-refractivity contribution in [1.82, 2.24) is 20.3 Å². The fourth-order valence-corrected chi connectivity index (χ4v) is 3.51. The van der Waals surface area contributed by atoms with Crippen LogP contribution in [0.4, 0.5) is 10.1 Å². The predicted octanol–water partition coefficient (Wildman–Crippen LogP) is 2.31. The molecule has 0 saturated carbocycles. The summed E-state index contributed by atoms with van der Waals surface area (Å²) in [7, 11) is 0. The van der Waals surface area contributed by atoms with Crippen molar-refractivity contribution in [2.24, 2.45) is 0 Å². The van der Waals surface area contributed by atoms with E-state index in [9.17, 15) is 4.39 Å². The third-order valence-corrected chi connectivity index (χ3v) is 4.55. The lowest BCUT2D eigenvalue weighted by atomic mass is 10.1. The Morgan fingerprint density at radius 2 is 2.33 bits per heavy atom. The van der Waals surface area contributed by atoms with Gasteiger partial charge in [0.15, 0.2) is 5.82 Å². The smallest absolute Gasteiger partial charge is 0.165 e. The lowest BCUT2D eigenvalue weighted by molar-refractivity contribution is 0.570. The second-order valence-corrected chi connectivity index (χ2v) is 6.02. The molecule has 0 radical (unpaired) electrons. The average molecular weight is 324 g/mol. The molecule has 0 spiro atoms. The third-order valence-electron chi connectivity index (χ3n) is 4.55. The van der Waals surface area contributed by atoms with Crippen LogP contribution in [0, 0.1) is 17.1 Å². The molecule has 1 aliphatic rings. The van der Waals surface area contributed by atoms with Crippen LogP contribution in [0.15, 0.2) is 18.5 Å². The molecule has 3 aromatic heterocycles. The third kappa shape index (κ3) is 2.27. The number of nitrogens with zero attached hydrogens (tertiary/aromatic N) is 4. The molecule has 0 aromatic carbocycles. The SMILES string of the molecule is CCNC1CCN(c2c(F)cnc3[nH]c4cnc(C#N)cc4c23)C1. The van der Waals surface area contributed by atoms with Gasteiger partial charge >= 0.3 is 0 Å². The van der Waals surface area contributed by atoms with Gasteiger partial charge in [-0.1, -0.05) is 6.92 Å². The number of halogens is 1. The number of H-pyrrole nitrogens is 1. The van der Waals surface area contributed by atoms with Gasteiger partial charge in [-0.3, -0.25) is 0 Å². The van der Waals surface area contributed by atoms with E-state index < -0.39 is 0 Å². The first kappa shape index (κ1) is 14.8. The second kappa shape index (κ2) is 5.73. The van der Waals surface area contributed by atoms with Gasteiger partial charge in [0.25, 0.3) is 0 Å². The molecule has 6 nitrogen and oxygen atoms in total. The second-order valence-electron chi connectivity index (χ2n) is 6.02. The van der Waals surface area contributed by atoms with Gasteiger partial charge in [-0.15, -0.1) is 0 Å². The van der Waals surface area contributed by atoms with E-state index >= 15 is 0 Å². The maximum atomic E-state index is 14.7. The normalized spacial score (nSPS) is 17.7. The van der Waals surface area contributed by atoms with Crippen molar-refractivity contribution >= 4 is 27.6 Å². The minimum Gasteiger partial charge on any atom is -0.367 e. The molecular formula is C17H17FN6. The summed E-state index contributed by atoms with van der Waals surface area (Å²) in [5.41, 5.74) is 2.24. The van der Waals surface area contributed by atoms with Gasteiger partial charge in [-0.25, -0.2) is 14.4 Å². The molecule has 122 valence electrons. The van der Waals surface area contributed by atoms with E-state index in [1.54, 1.807) is 12.3 Å². The molecule has 1 fully saturated rings. The van der Waals surface area contributed by atoms with Crippen LogP contribution in [-0.4, -0.2) is 40.6 Å². The fourth-order valence-electron chi connectivity index (χ4n) is 3.51. The molecule has 1 unspecified atom stereocenters. The highest BCUT2D eigenvalue weighted by Crippen LogP contribution is 2.36. The van der Waals surface area contributed by atoms with E-state index in [-0.39, 0.29) is 5.82 Å². The van der Waals surface area contributed by atoms with E-state index in [2.05, 4.69) is 32.1 Å². The summed E-state index contributed by atoms with van der Waals surface area (Å²) in [5, 5.41) is 14.0. The Balaban J connectivity index is 1.91. The zero-order chi connectivity index (χ0) is 16.7. The molecule has 4 rings (SSSR count). The summed E-state index contributed by atoms with van der Waals surface area (Å²) >= 11 is 0. The summed E-state index contributed by atoms with van der Waals surface area (Å²) in [4.78, 5) is 13.5. The number of hydrogen-bond acceptors (Lipinski definition) is 5. The number of nitriles is 1. The van der Waals surface area contributed by atoms with Crippen LogP contribution in [0.5, 0.6) is 0 Å². The standard InChI is InChI=1S/C17H17FN6/c1-2-20-10-3-4-24(9-10)16-13(18)7-22-17-15(16)12-5-11(6-19)21-8-14(12)23-17/h5,7-8,10,20H,2-4,9H2,1H3,(H,22,23). The lowest BCUT2D eigenvalue weighted by Crippen LogP contribution is -2.32. The van der Waals surface area contributed by atoms with Gasteiger partial charge in [-0.2, -0.15) is 5.26 Å². The number of pyridine rings is 2. The molecule has 1 aliphatic heterocycles. The Labute approximate surface area is 138 Å². The van der Waals surface area contributed by atoms with Crippen molar-refractivity contribution in [2.75, 3.05) is 24.5 Å². The van der Waals surface area contributed by atoms with Crippen molar-refractivity contribution in [3.63, 3.8) is 0 Å². The van der Waals surface area contributed by atoms with Crippen molar-refractivity contribution in [2.45, 2.75) is 19.4 Å². The Morgan fingerprint density at radius 1 is 1.46 bits per heavy atom.